The highest BCUT2D eigenvalue weighted by atomic mass is 35.5. The molecule has 1 heterocycles. The van der Waals surface area contributed by atoms with Gasteiger partial charge in [-0.05, 0) is 49.6 Å². The van der Waals surface area contributed by atoms with Gasteiger partial charge < -0.3 is 5.32 Å². The SMILES string of the molecule is CNC(CCc1cccnc1)Cc1cccc(F)c1Cl. The van der Waals surface area contributed by atoms with Gasteiger partial charge in [-0.25, -0.2) is 4.39 Å². The van der Waals surface area contributed by atoms with E-state index in [0.717, 1.165) is 18.4 Å². The van der Waals surface area contributed by atoms with Crippen LogP contribution in [0.25, 0.3) is 0 Å². The lowest BCUT2D eigenvalue weighted by molar-refractivity contribution is 0.518. The molecule has 2 rings (SSSR count). The summed E-state index contributed by atoms with van der Waals surface area (Å²) in [6.07, 6.45) is 6.25. The molecule has 0 spiro atoms. The van der Waals surface area contributed by atoms with Gasteiger partial charge in [0.2, 0.25) is 0 Å². The standard InChI is InChI=1S/C16H18ClFN2/c1-19-14(8-7-12-4-3-9-20-11-12)10-13-5-2-6-15(18)16(13)17/h2-6,9,11,14,19H,7-8,10H2,1H3. The quantitative estimate of drug-likeness (QED) is 0.879. The van der Waals surface area contributed by atoms with E-state index in [9.17, 15) is 4.39 Å². The fourth-order valence-corrected chi connectivity index (χ4v) is 2.41. The minimum atomic E-state index is -0.355. The van der Waals surface area contributed by atoms with Gasteiger partial charge in [0.1, 0.15) is 5.82 Å². The molecule has 1 atom stereocenters. The molecule has 1 unspecified atom stereocenters. The Morgan fingerprint density at radius 3 is 2.85 bits per heavy atom. The maximum Gasteiger partial charge on any atom is 0.142 e. The van der Waals surface area contributed by atoms with E-state index >= 15 is 0 Å². The normalized spacial score (nSPS) is 12.3. The summed E-state index contributed by atoms with van der Waals surface area (Å²) in [6.45, 7) is 0. The van der Waals surface area contributed by atoms with Crippen molar-refractivity contribution in [3.05, 3.63) is 64.7 Å². The minimum absolute atomic E-state index is 0.231. The molecule has 0 bridgehead atoms. The van der Waals surface area contributed by atoms with Crippen LogP contribution in [0.5, 0.6) is 0 Å². The summed E-state index contributed by atoms with van der Waals surface area (Å²) in [5.74, 6) is -0.355. The van der Waals surface area contributed by atoms with Gasteiger partial charge in [0, 0.05) is 18.4 Å². The predicted octanol–water partition coefficient (Wildman–Crippen LogP) is 3.64. The molecule has 1 N–H and O–H groups in total. The third-order valence-corrected chi connectivity index (χ3v) is 3.83. The number of pyridine rings is 1. The maximum atomic E-state index is 13.4. The summed E-state index contributed by atoms with van der Waals surface area (Å²) in [7, 11) is 1.92. The van der Waals surface area contributed by atoms with Crippen LogP contribution in [0.3, 0.4) is 0 Å². The predicted molar refractivity (Wildman–Crippen MR) is 80.5 cm³/mol. The van der Waals surface area contributed by atoms with Gasteiger partial charge in [0.15, 0.2) is 0 Å². The number of benzene rings is 1. The fraction of sp³-hybridized carbons (Fsp3) is 0.312. The fourth-order valence-electron chi connectivity index (χ4n) is 2.21. The molecular weight excluding hydrogens is 275 g/mol. The molecule has 0 amide bonds. The summed E-state index contributed by atoms with van der Waals surface area (Å²) in [6, 6.07) is 9.22. The van der Waals surface area contributed by atoms with Crippen LogP contribution in [0.15, 0.2) is 42.7 Å². The zero-order valence-electron chi connectivity index (χ0n) is 11.4. The third kappa shape index (κ3) is 4.02. The number of likely N-dealkylation sites (N-methyl/N-ethyl adjacent to an activating group) is 1. The summed E-state index contributed by atoms with van der Waals surface area (Å²) in [4.78, 5) is 4.11. The number of aromatic nitrogens is 1. The Labute approximate surface area is 124 Å². The van der Waals surface area contributed by atoms with Crippen LogP contribution in [0, 0.1) is 5.82 Å². The average molecular weight is 293 g/mol. The monoisotopic (exact) mass is 292 g/mol. The number of hydrogen-bond acceptors (Lipinski definition) is 2. The Bertz CT molecular complexity index is 545. The second-order valence-electron chi connectivity index (χ2n) is 4.80. The van der Waals surface area contributed by atoms with Crippen molar-refractivity contribution >= 4 is 11.6 Å². The molecule has 2 nitrogen and oxygen atoms in total. The van der Waals surface area contributed by atoms with Crippen LogP contribution < -0.4 is 5.32 Å². The molecule has 0 fully saturated rings. The highest BCUT2D eigenvalue weighted by Crippen LogP contribution is 2.21. The van der Waals surface area contributed by atoms with Crippen molar-refractivity contribution in [1.29, 1.82) is 0 Å². The lowest BCUT2D eigenvalue weighted by atomic mass is 9.99. The van der Waals surface area contributed by atoms with Crippen molar-refractivity contribution < 1.29 is 4.39 Å². The van der Waals surface area contributed by atoms with Crippen molar-refractivity contribution in [2.45, 2.75) is 25.3 Å². The highest BCUT2D eigenvalue weighted by molar-refractivity contribution is 6.31. The molecule has 4 heteroatoms. The van der Waals surface area contributed by atoms with Gasteiger partial charge in [0.25, 0.3) is 0 Å². The Hall–Kier alpha value is -1.45. The summed E-state index contributed by atoms with van der Waals surface area (Å²) in [5.41, 5.74) is 2.05. The zero-order valence-corrected chi connectivity index (χ0v) is 12.2. The molecule has 20 heavy (non-hydrogen) atoms. The number of hydrogen-bond donors (Lipinski definition) is 1. The van der Waals surface area contributed by atoms with Crippen molar-refractivity contribution in [1.82, 2.24) is 10.3 Å². The molecule has 1 aromatic carbocycles. The molecule has 0 aliphatic rings. The molecule has 0 saturated heterocycles. The summed E-state index contributed by atoms with van der Waals surface area (Å²) < 4.78 is 13.4. The van der Waals surface area contributed by atoms with Crippen LogP contribution in [0.2, 0.25) is 5.02 Å². The van der Waals surface area contributed by atoms with Gasteiger partial charge >= 0.3 is 0 Å². The van der Waals surface area contributed by atoms with E-state index in [-0.39, 0.29) is 16.9 Å². The first-order valence-electron chi connectivity index (χ1n) is 6.69. The number of halogens is 2. The maximum absolute atomic E-state index is 13.4. The van der Waals surface area contributed by atoms with Gasteiger partial charge in [-0.2, -0.15) is 0 Å². The molecule has 0 aliphatic carbocycles. The highest BCUT2D eigenvalue weighted by Gasteiger charge is 2.12. The first kappa shape index (κ1) is 14.9. The van der Waals surface area contributed by atoms with Crippen molar-refractivity contribution in [3.8, 4) is 0 Å². The van der Waals surface area contributed by atoms with Crippen molar-refractivity contribution in [3.63, 3.8) is 0 Å². The van der Waals surface area contributed by atoms with Crippen molar-refractivity contribution in [2.24, 2.45) is 0 Å². The van der Waals surface area contributed by atoms with Crippen LogP contribution in [-0.4, -0.2) is 18.1 Å². The summed E-state index contributed by atoms with van der Waals surface area (Å²) in [5, 5.41) is 3.50. The van der Waals surface area contributed by atoms with Crippen LogP contribution >= 0.6 is 11.6 Å². The third-order valence-electron chi connectivity index (χ3n) is 3.41. The van der Waals surface area contributed by atoms with Crippen LogP contribution in [0.1, 0.15) is 17.5 Å². The van der Waals surface area contributed by atoms with E-state index in [1.54, 1.807) is 12.3 Å². The van der Waals surface area contributed by atoms with E-state index in [1.807, 2.05) is 25.4 Å². The lowest BCUT2D eigenvalue weighted by Crippen LogP contribution is -2.28. The van der Waals surface area contributed by atoms with Crippen LogP contribution in [-0.2, 0) is 12.8 Å². The topological polar surface area (TPSA) is 24.9 Å². The first-order valence-corrected chi connectivity index (χ1v) is 7.07. The van der Waals surface area contributed by atoms with E-state index in [1.165, 1.54) is 11.6 Å². The molecule has 1 aromatic heterocycles. The number of nitrogens with one attached hydrogen (secondary N) is 1. The average Bonchev–Trinajstić information content (AvgIpc) is 2.49. The number of aryl methyl sites for hydroxylation is 1. The molecule has 0 aliphatic heterocycles. The molecule has 0 saturated carbocycles. The molecule has 0 radical (unpaired) electrons. The number of nitrogens with zero attached hydrogens (tertiary/aromatic N) is 1. The Balaban J connectivity index is 1.97. The van der Waals surface area contributed by atoms with E-state index in [4.69, 9.17) is 11.6 Å². The largest absolute Gasteiger partial charge is 0.317 e. The second kappa shape index (κ2) is 7.36. The van der Waals surface area contributed by atoms with E-state index in [0.29, 0.717) is 6.42 Å². The van der Waals surface area contributed by atoms with Gasteiger partial charge in [-0.1, -0.05) is 29.8 Å². The lowest BCUT2D eigenvalue weighted by Gasteiger charge is -2.17. The van der Waals surface area contributed by atoms with E-state index in [2.05, 4.69) is 16.4 Å². The molecule has 106 valence electrons. The molecular formula is C16H18ClFN2. The molecule has 2 aromatic rings. The minimum Gasteiger partial charge on any atom is -0.317 e. The zero-order chi connectivity index (χ0) is 14.4. The summed E-state index contributed by atoms with van der Waals surface area (Å²) >= 11 is 6.00. The number of rotatable bonds is 6. The smallest absolute Gasteiger partial charge is 0.142 e. The van der Waals surface area contributed by atoms with Crippen molar-refractivity contribution in [2.75, 3.05) is 7.05 Å². The van der Waals surface area contributed by atoms with Gasteiger partial charge in [-0.3, -0.25) is 4.98 Å². The van der Waals surface area contributed by atoms with Crippen LogP contribution in [0.4, 0.5) is 4.39 Å². The van der Waals surface area contributed by atoms with Gasteiger partial charge in [0.05, 0.1) is 5.02 Å². The van der Waals surface area contributed by atoms with Gasteiger partial charge in [-0.15, -0.1) is 0 Å². The second-order valence-corrected chi connectivity index (χ2v) is 5.18. The Kier molecular flexibility index (Phi) is 5.50. The first-order chi connectivity index (χ1) is 9.70. The Morgan fingerprint density at radius 1 is 1.30 bits per heavy atom. The van der Waals surface area contributed by atoms with E-state index < -0.39 is 0 Å². The Morgan fingerprint density at radius 2 is 2.15 bits per heavy atom.